The number of hydrogen-bond acceptors (Lipinski definition) is 2. The Morgan fingerprint density at radius 3 is 2.54 bits per heavy atom. The van der Waals surface area contributed by atoms with Gasteiger partial charge in [0.25, 0.3) is 5.91 Å². The number of hydrogen-bond donors (Lipinski definition) is 1. The molecule has 3 nitrogen and oxygen atoms in total. The van der Waals surface area contributed by atoms with Crippen LogP contribution < -0.4 is 10.2 Å². The first kappa shape index (κ1) is 16.6. The molecule has 0 spiro atoms. The summed E-state index contributed by atoms with van der Waals surface area (Å²) in [7, 11) is 0. The van der Waals surface area contributed by atoms with E-state index in [0.717, 1.165) is 23.0 Å². The van der Waals surface area contributed by atoms with E-state index in [0.29, 0.717) is 11.6 Å². The summed E-state index contributed by atoms with van der Waals surface area (Å²) in [5.74, 6) is -0.0686. The molecule has 1 N–H and O–H groups in total. The van der Waals surface area contributed by atoms with Gasteiger partial charge < -0.3 is 10.2 Å². The van der Waals surface area contributed by atoms with Crippen molar-refractivity contribution in [2.45, 2.75) is 32.2 Å². The van der Waals surface area contributed by atoms with Crippen LogP contribution in [0.25, 0.3) is 10.8 Å². The van der Waals surface area contributed by atoms with Gasteiger partial charge in [-0.25, -0.2) is 0 Å². The second-order valence-corrected chi connectivity index (χ2v) is 7.07. The van der Waals surface area contributed by atoms with E-state index in [2.05, 4.69) is 29.3 Å². The standard InChI is InChI=1S/C23H24N2O/c1-17-7-4-5-16-25(17)20-14-12-19(13-15-20)24-23(26)22-11-6-9-18-8-2-3-10-21(18)22/h2-3,6,8-15,17H,4-5,7,16H2,1H3,(H,24,26)/t17-/m1/s1. The largest absolute Gasteiger partial charge is 0.369 e. The van der Waals surface area contributed by atoms with Gasteiger partial charge in [-0.1, -0.05) is 36.4 Å². The Morgan fingerprint density at radius 2 is 1.73 bits per heavy atom. The van der Waals surface area contributed by atoms with Gasteiger partial charge in [0, 0.05) is 29.5 Å². The van der Waals surface area contributed by atoms with E-state index in [1.807, 2.05) is 54.6 Å². The summed E-state index contributed by atoms with van der Waals surface area (Å²) in [4.78, 5) is 15.2. The van der Waals surface area contributed by atoms with Gasteiger partial charge in [-0.05, 0) is 67.3 Å². The zero-order valence-electron chi connectivity index (χ0n) is 15.1. The van der Waals surface area contributed by atoms with Crippen molar-refractivity contribution >= 4 is 28.1 Å². The van der Waals surface area contributed by atoms with Gasteiger partial charge in [0.1, 0.15) is 0 Å². The summed E-state index contributed by atoms with van der Waals surface area (Å²) in [6.45, 7) is 3.40. The van der Waals surface area contributed by atoms with E-state index in [-0.39, 0.29) is 5.91 Å². The number of nitrogens with one attached hydrogen (secondary N) is 1. The highest BCUT2D eigenvalue weighted by molar-refractivity contribution is 6.12. The summed E-state index contributed by atoms with van der Waals surface area (Å²) in [5.41, 5.74) is 2.77. The van der Waals surface area contributed by atoms with Crippen molar-refractivity contribution in [3.8, 4) is 0 Å². The average Bonchev–Trinajstić information content (AvgIpc) is 2.68. The van der Waals surface area contributed by atoms with Crippen molar-refractivity contribution in [1.82, 2.24) is 0 Å². The molecule has 1 aliphatic rings. The molecule has 4 rings (SSSR count). The fourth-order valence-electron chi connectivity index (χ4n) is 3.84. The van der Waals surface area contributed by atoms with E-state index in [4.69, 9.17) is 0 Å². The molecule has 3 heteroatoms. The zero-order chi connectivity index (χ0) is 17.9. The van der Waals surface area contributed by atoms with Crippen LogP contribution in [-0.2, 0) is 0 Å². The van der Waals surface area contributed by atoms with Crippen molar-refractivity contribution in [2.75, 3.05) is 16.8 Å². The lowest BCUT2D eigenvalue weighted by molar-refractivity contribution is 0.102. The van der Waals surface area contributed by atoms with Gasteiger partial charge in [-0.2, -0.15) is 0 Å². The van der Waals surface area contributed by atoms with E-state index < -0.39 is 0 Å². The number of nitrogens with zero attached hydrogens (tertiary/aromatic N) is 1. The third-order valence-corrected chi connectivity index (χ3v) is 5.29. The van der Waals surface area contributed by atoms with Crippen LogP contribution >= 0.6 is 0 Å². The Labute approximate surface area is 154 Å². The van der Waals surface area contributed by atoms with Gasteiger partial charge in [-0.15, -0.1) is 0 Å². The average molecular weight is 344 g/mol. The van der Waals surface area contributed by atoms with Crippen LogP contribution in [0.3, 0.4) is 0 Å². The van der Waals surface area contributed by atoms with E-state index in [9.17, 15) is 4.79 Å². The van der Waals surface area contributed by atoms with Crippen LogP contribution in [0.4, 0.5) is 11.4 Å². The maximum atomic E-state index is 12.7. The lowest BCUT2D eigenvalue weighted by Gasteiger charge is -2.35. The highest BCUT2D eigenvalue weighted by atomic mass is 16.1. The number of carbonyl (C=O) groups excluding carboxylic acids is 1. The minimum atomic E-state index is -0.0686. The lowest BCUT2D eigenvalue weighted by atomic mass is 10.0. The van der Waals surface area contributed by atoms with Gasteiger partial charge in [-0.3, -0.25) is 4.79 Å². The predicted molar refractivity (Wildman–Crippen MR) is 109 cm³/mol. The minimum absolute atomic E-state index is 0.0686. The summed E-state index contributed by atoms with van der Waals surface area (Å²) in [6, 6.07) is 22.6. The van der Waals surface area contributed by atoms with Gasteiger partial charge in [0.15, 0.2) is 0 Å². The van der Waals surface area contributed by atoms with Crippen molar-refractivity contribution in [2.24, 2.45) is 0 Å². The maximum absolute atomic E-state index is 12.7. The molecule has 1 fully saturated rings. The normalized spacial score (nSPS) is 17.3. The van der Waals surface area contributed by atoms with Crippen LogP contribution in [-0.4, -0.2) is 18.5 Å². The summed E-state index contributed by atoms with van der Waals surface area (Å²) in [5, 5.41) is 5.09. The summed E-state index contributed by atoms with van der Waals surface area (Å²) in [6.07, 6.45) is 3.82. The molecule has 0 saturated carbocycles. The van der Waals surface area contributed by atoms with Gasteiger partial charge >= 0.3 is 0 Å². The first-order chi connectivity index (χ1) is 12.7. The molecule has 0 bridgehead atoms. The third kappa shape index (κ3) is 3.30. The Morgan fingerprint density at radius 1 is 0.962 bits per heavy atom. The number of fused-ring (bicyclic) bond motifs is 1. The second kappa shape index (κ2) is 7.20. The smallest absolute Gasteiger partial charge is 0.256 e. The molecule has 1 heterocycles. The van der Waals surface area contributed by atoms with Crippen LogP contribution in [0.1, 0.15) is 36.5 Å². The molecule has 1 amide bonds. The molecule has 132 valence electrons. The van der Waals surface area contributed by atoms with E-state index in [1.165, 1.54) is 24.9 Å². The summed E-state index contributed by atoms with van der Waals surface area (Å²) >= 11 is 0. The van der Waals surface area contributed by atoms with Crippen molar-refractivity contribution < 1.29 is 4.79 Å². The van der Waals surface area contributed by atoms with E-state index >= 15 is 0 Å². The lowest BCUT2D eigenvalue weighted by Crippen LogP contribution is -2.37. The monoisotopic (exact) mass is 344 g/mol. The van der Waals surface area contributed by atoms with Crippen molar-refractivity contribution in [3.63, 3.8) is 0 Å². The van der Waals surface area contributed by atoms with Gasteiger partial charge in [0.2, 0.25) is 0 Å². The molecule has 1 aliphatic heterocycles. The third-order valence-electron chi connectivity index (χ3n) is 5.29. The molecule has 3 aromatic carbocycles. The van der Waals surface area contributed by atoms with Crippen LogP contribution in [0.15, 0.2) is 66.7 Å². The highest BCUT2D eigenvalue weighted by Crippen LogP contribution is 2.26. The highest BCUT2D eigenvalue weighted by Gasteiger charge is 2.18. The molecule has 0 aliphatic carbocycles. The molecule has 1 saturated heterocycles. The number of rotatable bonds is 3. The number of piperidine rings is 1. The van der Waals surface area contributed by atoms with Crippen LogP contribution in [0, 0.1) is 0 Å². The predicted octanol–water partition coefficient (Wildman–Crippen LogP) is 5.47. The molecular formula is C23H24N2O. The molecule has 1 atom stereocenters. The fraction of sp³-hybridized carbons (Fsp3) is 0.261. The van der Waals surface area contributed by atoms with Crippen molar-refractivity contribution in [1.29, 1.82) is 0 Å². The van der Waals surface area contributed by atoms with Crippen LogP contribution in [0.5, 0.6) is 0 Å². The first-order valence-corrected chi connectivity index (χ1v) is 9.38. The first-order valence-electron chi connectivity index (χ1n) is 9.38. The number of amides is 1. The Bertz CT molecular complexity index is 912. The number of benzene rings is 3. The fourth-order valence-corrected chi connectivity index (χ4v) is 3.84. The Kier molecular flexibility index (Phi) is 4.61. The quantitative estimate of drug-likeness (QED) is 0.683. The molecule has 0 radical (unpaired) electrons. The molecule has 0 aromatic heterocycles. The summed E-state index contributed by atoms with van der Waals surface area (Å²) < 4.78 is 0. The maximum Gasteiger partial charge on any atom is 0.256 e. The molecular weight excluding hydrogens is 320 g/mol. The minimum Gasteiger partial charge on any atom is -0.369 e. The van der Waals surface area contributed by atoms with Crippen LogP contribution in [0.2, 0.25) is 0 Å². The Balaban J connectivity index is 1.52. The molecule has 3 aromatic rings. The number of carbonyl (C=O) groups is 1. The van der Waals surface area contributed by atoms with Gasteiger partial charge in [0.05, 0.1) is 0 Å². The second-order valence-electron chi connectivity index (χ2n) is 7.07. The number of anilines is 2. The van der Waals surface area contributed by atoms with Crippen molar-refractivity contribution in [3.05, 3.63) is 72.3 Å². The molecule has 0 unspecified atom stereocenters. The molecule has 26 heavy (non-hydrogen) atoms. The zero-order valence-corrected chi connectivity index (χ0v) is 15.1. The topological polar surface area (TPSA) is 32.3 Å². The SMILES string of the molecule is C[C@@H]1CCCCN1c1ccc(NC(=O)c2cccc3ccccc23)cc1. The van der Waals surface area contributed by atoms with E-state index in [1.54, 1.807) is 0 Å². The Hall–Kier alpha value is -2.81.